The van der Waals surface area contributed by atoms with E-state index >= 15 is 0 Å². The average Bonchev–Trinajstić information content (AvgIpc) is 2.28. The molecule has 0 aromatic heterocycles. The van der Waals surface area contributed by atoms with Crippen molar-refractivity contribution in [2.75, 3.05) is 19.7 Å². The maximum atomic E-state index is 12.6. The molecule has 106 valence electrons. The molecule has 0 aromatic rings. The fourth-order valence-electron chi connectivity index (χ4n) is 1.98. The molecule has 0 spiro atoms. The predicted molar refractivity (Wildman–Crippen MR) is 57.9 cm³/mol. The first kappa shape index (κ1) is 15.2. The van der Waals surface area contributed by atoms with Gasteiger partial charge < -0.3 is 9.84 Å². The summed E-state index contributed by atoms with van der Waals surface area (Å²) in [5.74, 6) is -0.449. The van der Waals surface area contributed by atoms with Crippen LogP contribution in [-0.4, -0.2) is 53.5 Å². The Morgan fingerprint density at radius 2 is 1.94 bits per heavy atom. The lowest BCUT2D eigenvalue weighted by Crippen LogP contribution is -2.56. The van der Waals surface area contributed by atoms with E-state index in [1.54, 1.807) is 18.7 Å². The minimum Gasteiger partial charge on any atom is -0.465 e. The molecule has 0 aliphatic carbocycles. The number of hydrogen-bond acceptors (Lipinski definition) is 4. The maximum Gasteiger partial charge on any atom is 0.417 e. The highest BCUT2D eigenvalue weighted by Crippen LogP contribution is 2.38. The van der Waals surface area contributed by atoms with Gasteiger partial charge in [0, 0.05) is 13.1 Å². The van der Waals surface area contributed by atoms with Crippen molar-refractivity contribution in [1.29, 1.82) is 0 Å². The minimum atomic E-state index is -4.62. The van der Waals surface area contributed by atoms with Gasteiger partial charge >= 0.3 is 12.1 Å². The van der Waals surface area contributed by atoms with Crippen molar-refractivity contribution in [3.63, 3.8) is 0 Å². The van der Waals surface area contributed by atoms with E-state index in [9.17, 15) is 23.1 Å². The largest absolute Gasteiger partial charge is 0.465 e. The molecule has 0 saturated carbocycles. The van der Waals surface area contributed by atoms with Gasteiger partial charge in [0.05, 0.1) is 6.61 Å². The summed E-state index contributed by atoms with van der Waals surface area (Å²) in [7, 11) is 0. The van der Waals surface area contributed by atoms with Crippen LogP contribution in [-0.2, 0) is 9.53 Å². The van der Waals surface area contributed by atoms with E-state index in [2.05, 4.69) is 0 Å². The Labute approximate surface area is 104 Å². The van der Waals surface area contributed by atoms with Gasteiger partial charge in [0.1, 0.15) is 6.04 Å². The Balaban J connectivity index is 2.56. The van der Waals surface area contributed by atoms with Crippen molar-refractivity contribution in [3.8, 4) is 0 Å². The fourth-order valence-corrected chi connectivity index (χ4v) is 1.98. The molecular formula is C11H18F3NO3. The number of esters is 1. The van der Waals surface area contributed by atoms with E-state index < -0.39 is 36.6 Å². The molecular weight excluding hydrogens is 251 g/mol. The van der Waals surface area contributed by atoms with Gasteiger partial charge in [-0.15, -0.1) is 0 Å². The first-order chi connectivity index (χ1) is 8.21. The molecule has 1 rings (SSSR count). The summed E-state index contributed by atoms with van der Waals surface area (Å²) in [5.41, 5.74) is -2.63. The summed E-state index contributed by atoms with van der Waals surface area (Å²) >= 11 is 0. The van der Waals surface area contributed by atoms with E-state index in [0.717, 1.165) is 0 Å². The highest BCUT2D eigenvalue weighted by Gasteiger charge is 2.54. The number of hydrogen-bond donors (Lipinski definition) is 1. The van der Waals surface area contributed by atoms with Gasteiger partial charge in [-0.3, -0.25) is 9.69 Å². The highest BCUT2D eigenvalue weighted by molar-refractivity contribution is 5.75. The number of halogens is 3. The van der Waals surface area contributed by atoms with Crippen molar-refractivity contribution in [1.82, 2.24) is 4.90 Å². The first-order valence-corrected chi connectivity index (χ1v) is 5.91. The van der Waals surface area contributed by atoms with Crippen LogP contribution in [0.4, 0.5) is 13.2 Å². The summed E-state index contributed by atoms with van der Waals surface area (Å²) in [6, 6.07) is -0.581. The van der Waals surface area contributed by atoms with Crippen LogP contribution in [0.25, 0.3) is 0 Å². The number of aliphatic hydroxyl groups is 1. The Hall–Kier alpha value is -0.820. The van der Waals surface area contributed by atoms with E-state index in [1.807, 2.05) is 0 Å². The number of carbonyl (C=O) groups excluding carboxylic acids is 1. The smallest absolute Gasteiger partial charge is 0.417 e. The van der Waals surface area contributed by atoms with E-state index in [0.29, 0.717) is 0 Å². The Kier molecular flexibility index (Phi) is 4.61. The molecule has 4 nitrogen and oxygen atoms in total. The maximum absolute atomic E-state index is 12.6. The van der Waals surface area contributed by atoms with Crippen LogP contribution in [0.3, 0.4) is 0 Å². The number of ether oxygens (including phenoxy) is 1. The molecule has 1 unspecified atom stereocenters. The molecule has 1 saturated heterocycles. The standard InChI is InChI=1S/C11H18F3NO3/c1-3-18-9(16)8(2)15-6-4-10(17,5-7-15)11(12,13)14/h8,17H,3-7H2,1-2H3. The van der Waals surface area contributed by atoms with Crippen LogP contribution in [0, 0.1) is 0 Å². The molecule has 0 bridgehead atoms. The van der Waals surface area contributed by atoms with Crippen LogP contribution >= 0.6 is 0 Å². The third kappa shape index (κ3) is 3.14. The van der Waals surface area contributed by atoms with Gasteiger partial charge in [0.15, 0.2) is 5.60 Å². The molecule has 1 heterocycles. The highest BCUT2D eigenvalue weighted by atomic mass is 19.4. The third-order valence-electron chi connectivity index (χ3n) is 3.33. The lowest BCUT2D eigenvalue weighted by Gasteiger charge is -2.40. The summed E-state index contributed by atoms with van der Waals surface area (Å²) in [5, 5.41) is 9.48. The summed E-state index contributed by atoms with van der Waals surface area (Å²) in [6.07, 6.45) is -5.45. The minimum absolute atomic E-state index is 0.0238. The van der Waals surface area contributed by atoms with E-state index in [1.165, 1.54) is 0 Å². The second kappa shape index (κ2) is 5.44. The number of alkyl halides is 3. The second-order valence-corrected chi connectivity index (χ2v) is 4.49. The van der Waals surface area contributed by atoms with Gasteiger partial charge in [0.25, 0.3) is 0 Å². The monoisotopic (exact) mass is 269 g/mol. The van der Waals surface area contributed by atoms with Gasteiger partial charge in [-0.1, -0.05) is 0 Å². The number of likely N-dealkylation sites (tertiary alicyclic amines) is 1. The van der Waals surface area contributed by atoms with Crippen molar-refractivity contribution in [2.24, 2.45) is 0 Å². The van der Waals surface area contributed by atoms with Crippen molar-refractivity contribution in [3.05, 3.63) is 0 Å². The lowest BCUT2D eigenvalue weighted by atomic mass is 9.90. The molecule has 0 aromatic carbocycles. The molecule has 18 heavy (non-hydrogen) atoms. The molecule has 0 radical (unpaired) electrons. The van der Waals surface area contributed by atoms with Gasteiger partial charge in [-0.25, -0.2) is 0 Å². The zero-order chi connectivity index (χ0) is 14.0. The van der Waals surface area contributed by atoms with Crippen molar-refractivity contribution < 1.29 is 27.8 Å². The van der Waals surface area contributed by atoms with Crippen LogP contribution in [0.2, 0.25) is 0 Å². The zero-order valence-corrected chi connectivity index (χ0v) is 10.5. The molecule has 1 N–H and O–H groups in total. The quantitative estimate of drug-likeness (QED) is 0.785. The van der Waals surface area contributed by atoms with Crippen LogP contribution in [0.1, 0.15) is 26.7 Å². The first-order valence-electron chi connectivity index (χ1n) is 5.91. The summed E-state index contributed by atoms with van der Waals surface area (Å²) in [4.78, 5) is 13.0. The van der Waals surface area contributed by atoms with E-state index in [-0.39, 0.29) is 19.7 Å². The number of nitrogens with zero attached hydrogens (tertiary/aromatic N) is 1. The summed E-state index contributed by atoms with van der Waals surface area (Å²) in [6.45, 7) is 3.55. The Bertz CT molecular complexity index is 298. The van der Waals surface area contributed by atoms with Crippen molar-refractivity contribution >= 4 is 5.97 Å². The average molecular weight is 269 g/mol. The normalized spacial score (nSPS) is 22.6. The zero-order valence-electron chi connectivity index (χ0n) is 10.5. The van der Waals surface area contributed by atoms with Gasteiger partial charge in [-0.05, 0) is 26.7 Å². The Morgan fingerprint density at radius 1 is 1.44 bits per heavy atom. The second-order valence-electron chi connectivity index (χ2n) is 4.49. The molecule has 1 aliphatic rings. The topological polar surface area (TPSA) is 49.8 Å². The summed E-state index contributed by atoms with van der Waals surface area (Å²) < 4.78 is 42.5. The number of carbonyl (C=O) groups is 1. The fraction of sp³-hybridized carbons (Fsp3) is 0.909. The molecule has 7 heteroatoms. The van der Waals surface area contributed by atoms with Gasteiger partial charge in [0.2, 0.25) is 0 Å². The van der Waals surface area contributed by atoms with Crippen molar-refractivity contribution in [2.45, 2.75) is 44.5 Å². The van der Waals surface area contributed by atoms with Crippen LogP contribution < -0.4 is 0 Å². The lowest BCUT2D eigenvalue weighted by molar-refractivity contribution is -0.273. The molecule has 0 amide bonds. The molecule has 1 atom stereocenters. The molecule has 1 aliphatic heterocycles. The van der Waals surface area contributed by atoms with Crippen LogP contribution in [0.5, 0.6) is 0 Å². The predicted octanol–water partition coefficient (Wildman–Crippen LogP) is 1.33. The Morgan fingerprint density at radius 3 is 2.33 bits per heavy atom. The van der Waals surface area contributed by atoms with Gasteiger partial charge in [-0.2, -0.15) is 13.2 Å². The molecule has 1 fully saturated rings. The number of piperidine rings is 1. The SMILES string of the molecule is CCOC(=O)C(C)N1CCC(O)(C(F)(F)F)CC1. The third-order valence-corrected chi connectivity index (χ3v) is 3.33. The number of rotatable bonds is 3. The van der Waals surface area contributed by atoms with E-state index in [4.69, 9.17) is 4.74 Å². The van der Waals surface area contributed by atoms with Crippen LogP contribution in [0.15, 0.2) is 0 Å².